The van der Waals surface area contributed by atoms with Crippen molar-refractivity contribution in [3.63, 3.8) is 0 Å². The van der Waals surface area contributed by atoms with E-state index in [0.717, 1.165) is 23.9 Å². The third-order valence-corrected chi connectivity index (χ3v) is 3.10. The molecule has 2 rings (SSSR count). The van der Waals surface area contributed by atoms with E-state index in [1.165, 1.54) is 12.1 Å². The zero-order valence-electron chi connectivity index (χ0n) is 9.19. The molecule has 4 nitrogen and oxygen atoms in total. The molecular weight excluding hydrogens is 288 g/mol. The minimum absolute atomic E-state index is 0.00625. The van der Waals surface area contributed by atoms with Gasteiger partial charge in [-0.1, -0.05) is 15.9 Å². The van der Waals surface area contributed by atoms with Crippen LogP contribution < -0.4 is 0 Å². The molecule has 17 heavy (non-hydrogen) atoms. The van der Waals surface area contributed by atoms with Gasteiger partial charge in [0.1, 0.15) is 17.9 Å². The number of phenolic OH excluding ortho intramolecular Hbond substituents is 1. The van der Waals surface area contributed by atoms with Crippen LogP contribution in [-0.2, 0) is 9.47 Å². The van der Waals surface area contributed by atoms with Crippen molar-refractivity contribution in [1.29, 1.82) is 0 Å². The quantitative estimate of drug-likeness (QED) is 0.872. The standard InChI is InChI=1S/C12H13BrO4/c13-8-3-4-11(14)10(6-8)12(15)17-7-9-2-1-5-16-9/h3-4,6,9,14H,1-2,5,7H2. The molecule has 0 amide bonds. The Bertz CT molecular complexity index is 413. The maximum absolute atomic E-state index is 11.7. The van der Waals surface area contributed by atoms with Gasteiger partial charge < -0.3 is 14.6 Å². The summed E-state index contributed by atoms with van der Waals surface area (Å²) in [5, 5.41) is 9.54. The number of esters is 1. The summed E-state index contributed by atoms with van der Waals surface area (Å²) in [7, 11) is 0. The van der Waals surface area contributed by atoms with Crippen molar-refractivity contribution < 1.29 is 19.4 Å². The summed E-state index contributed by atoms with van der Waals surface area (Å²) >= 11 is 3.24. The number of phenols is 1. The van der Waals surface area contributed by atoms with Crippen molar-refractivity contribution >= 4 is 21.9 Å². The number of carbonyl (C=O) groups excluding carboxylic acids is 1. The first-order chi connectivity index (χ1) is 8.16. The second kappa shape index (κ2) is 5.51. The second-order valence-electron chi connectivity index (χ2n) is 3.89. The summed E-state index contributed by atoms with van der Waals surface area (Å²) in [6, 6.07) is 4.64. The van der Waals surface area contributed by atoms with Crippen LogP contribution in [0.2, 0.25) is 0 Å². The Kier molecular flexibility index (Phi) is 4.02. The van der Waals surface area contributed by atoms with E-state index >= 15 is 0 Å². The highest BCUT2D eigenvalue weighted by Crippen LogP contribution is 2.23. The van der Waals surface area contributed by atoms with E-state index in [9.17, 15) is 9.90 Å². The largest absolute Gasteiger partial charge is 0.507 e. The van der Waals surface area contributed by atoms with Crippen LogP contribution in [0.4, 0.5) is 0 Å². The molecule has 1 aromatic rings. The summed E-state index contributed by atoms with van der Waals surface area (Å²) in [6.45, 7) is 0.967. The van der Waals surface area contributed by atoms with Crippen LogP contribution in [0, 0.1) is 0 Å². The molecule has 1 aliphatic heterocycles. The summed E-state index contributed by atoms with van der Waals surface area (Å²) in [5.41, 5.74) is 0.164. The Balaban J connectivity index is 1.96. The minimum atomic E-state index is -0.528. The average Bonchev–Trinajstić information content (AvgIpc) is 2.82. The van der Waals surface area contributed by atoms with E-state index in [-0.39, 0.29) is 24.0 Å². The van der Waals surface area contributed by atoms with Crippen LogP contribution in [0.1, 0.15) is 23.2 Å². The van der Waals surface area contributed by atoms with Gasteiger partial charge in [-0.05, 0) is 31.0 Å². The summed E-state index contributed by atoms with van der Waals surface area (Å²) < 4.78 is 11.2. The summed E-state index contributed by atoms with van der Waals surface area (Å²) in [6.07, 6.45) is 1.91. The van der Waals surface area contributed by atoms with Crippen molar-refractivity contribution in [3.8, 4) is 5.75 Å². The smallest absolute Gasteiger partial charge is 0.342 e. The van der Waals surface area contributed by atoms with Gasteiger partial charge in [0, 0.05) is 11.1 Å². The molecular formula is C12H13BrO4. The monoisotopic (exact) mass is 300 g/mol. The zero-order chi connectivity index (χ0) is 12.3. The Hall–Kier alpha value is -1.07. The topological polar surface area (TPSA) is 55.8 Å². The van der Waals surface area contributed by atoms with E-state index < -0.39 is 5.97 Å². The summed E-state index contributed by atoms with van der Waals surface area (Å²) in [5.74, 6) is -0.607. The highest BCUT2D eigenvalue weighted by Gasteiger charge is 2.19. The fourth-order valence-electron chi connectivity index (χ4n) is 1.69. The Labute approximate surface area is 108 Å². The third-order valence-electron chi connectivity index (χ3n) is 2.60. The number of rotatable bonds is 3. The predicted octanol–water partition coefficient (Wildman–Crippen LogP) is 2.49. The van der Waals surface area contributed by atoms with Crippen LogP contribution in [0.3, 0.4) is 0 Å². The third kappa shape index (κ3) is 3.20. The van der Waals surface area contributed by atoms with Crippen molar-refractivity contribution in [3.05, 3.63) is 28.2 Å². The number of carbonyl (C=O) groups is 1. The predicted molar refractivity (Wildman–Crippen MR) is 65.1 cm³/mol. The highest BCUT2D eigenvalue weighted by molar-refractivity contribution is 9.10. The first-order valence-corrected chi connectivity index (χ1v) is 6.23. The van der Waals surface area contributed by atoms with Crippen molar-refractivity contribution in [2.75, 3.05) is 13.2 Å². The lowest BCUT2D eigenvalue weighted by Gasteiger charge is -2.10. The highest BCUT2D eigenvalue weighted by atomic mass is 79.9. The second-order valence-corrected chi connectivity index (χ2v) is 4.81. The molecule has 1 aliphatic rings. The Morgan fingerprint density at radius 3 is 3.12 bits per heavy atom. The fourth-order valence-corrected chi connectivity index (χ4v) is 2.06. The van der Waals surface area contributed by atoms with Gasteiger partial charge in [0.25, 0.3) is 0 Å². The number of aromatic hydroxyl groups is 1. The summed E-state index contributed by atoms with van der Waals surface area (Å²) in [4.78, 5) is 11.7. The van der Waals surface area contributed by atoms with E-state index in [1.54, 1.807) is 6.07 Å². The molecule has 0 aliphatic carbocycles. The number of benzene rings is 1. The van der Waals surface area contributed by atoms with Gasteiger partial charge in [-0.3, -0.25) is 0 Å². The SMILES string of the molecule is O=C(OCC1CCCO1)c1cc(Br)ccc1O. The fraction of sp³-hybridized carbons (Fsp3) is 0.417. The molecule has 92 valence electrons. The number of hydrogen-bond acceptors (Lipinski definition) is 4. The van der Waals surface area contributed by atoms with Gasteiger partial charge in [0.15, 0.2) is 0 Å². The van der Waals surface area contributed by atoms with Crippen LogP contribution in [0.15, 0.2) is 22.7 Å². The van der Waals surface area contributed by atoms with Gasteiger partial charge in [-0.15, -0.1) is 0 Å². The van der Waals surface area contributed by atoms with Crippen molar-refractivity contribution in [1.82, 2.24) is 0 Å². The maximum Gasteiger partial charge on any atom is 0.342 e. The van der Waals surface area contributed by atoms with Crippen LogP contribution in [-0.4, -0.2) is 30.4 Å². The van der Waals surface area contributed by atoms with E-state index in [2.05, 4.69) is 15.9 Å². The molecule has 1 aromatic carbocycles. The van der Waals surface area contributed by atoms with Gasteiger partial charge in [0.05, 0.1) is 6.10 Å². The van der Waals surface area contributed by atoms with E-state index in [0.29, 0.717) is 0 Å². The van der Waals surface area contributed by atoms with Gasteiger partial charge in [-0.2, -0.15) is 0 Å². The van der Waals surface area contributed by atoms with Crippen LogP contribution in [0.5, 0.6) is 5.75 Å². The number of hydrogen-bond donors (Lipinski definition) is 1. The maximum atomic E-state index is 11.7. The molecule has 1 unspecified atom stereocenters. The molecule has 0 spiro atoms. The van der Waals surface area contributed by atoms with Gasteiger partial charge in [0.2, 0.25) is 0 Å². The number of halogens is 1. The molecule has 1 saturated heterocycles. The van der Waals surface area contributed by atoms with Gasteiger partial charge >= 0.3 is 5.97 Å². The van der Waals surface area contributed by atoms with Crippen LogP contribution in [0.25, 0.3) is 0 Å². The molecule has 1 heterocycles. The normalized spacial score (nSPS) is 19.2. The molecule has 1 fully saturated rings. The van der Waals surface area contributed by atoms with Crippen molar-refractivity contribution in [2.45, 2.75) is 18.9 Å². The van der Waals surface area contributed by atoms with E-state index in [1.807, 2.05) is 0 Å². The first-order valence-electron chi connectivity index (χ1n) is 5.44. The van der Waals surface area contributed by atoms with Crippen LogP contribution >= 0.6 is 15.9 Å². The first kappa shape index (κ1) is 12.4. The minimum Gasteiger partial charge on any atom is -0.507 e. The van der Waals surface area contributed by atoms with Gasteiger partial charge in [-0.25, -0.2) is 4.79 Å². The van der Waals surface area contributed by atoms with Crippen molar-refractivity contribution in [2.24, 2.45) is 0 Å². The molecule has 0 radical (unpaired) electrons. The lowest BCUT2D eigenvalue weighted by atomic mass is 10.2. The zero-order valence-corrected chi connectivity index (χ0v) is 10.8. The molecule has 0 aromatic heterocycles. The Morgan fingerprint density at radius 2 is 2.41 bits per heavy atom. The lowest BCUT2D eigenvalue weighted by molar-refractivity contribution is 0.0159. The molecule has 5 heteroatoms. The molecule has 0 saturated carbocycles. The van der Waals surface area contributed by atoms with E-state index in [4.69, 9.17) is 9.47 Å². The molecule has 1 atom stereocenters. The Morgan fingerprint density at radius 1 is 1.59 bits per heavy atom. The lowest BCUT2D eigenvalue weighted by Crippen LogP contribution is -2.17. The number of ether oxygens (including phenoxy) is 2. The molecule has 0 bridgehead atoms. The average molecular weight is 301 g/mol. The molecule has 1 N–H and O–H groups in total.